The Bertz CT molecular complexity index is 963. The number of fused-ring (bicyclic) bond motifs is 3. The molecule has 0 spiro atoms. The van der Waals surface area contributed by atoms with Gasteiger partial charge >= 0.3 is 0 Å². The Balaban J connectivity index is 0.000000198. The summed E-state index contributed by atoms with van der Waals surface area (Å²) in [6.45, 7) is 12.7. The number of aliphatic hydroxyl groups is 2. The number of aliphatic hydroxyl groups excluding tert-OH is 2. The lowest BCUT2D eigenvalue weighted by atomic mass is 9.80. The molecule has 7 nitrogen and oxygen atoms in total. The molecular weight excluding hydrogens is 741 g/mol. The third-order valence-electron chi connectivity index (χ3n) is 15.7. The zero-order valence-electron chi connectivity index (χ0n) is 40.5. The van der Waals surface area contributed by atoms with Crippen LogP contribution in [0.1, 0.15) is 199 Å². The maximum Gasteiger partial charge on any atom is 0.121 e. The Kier molecular flexibility index (Phi) is 29.8. The summed E-state index contributed by atoms with van der Waals surface area (Å²) in [5.41, 5.74) is 0. The quantitative estimate of drug-likeness (QED) is 0.211. The van der Waals surface area contributed by atoms with Gasteiger partial charge < -0.3 is 34.6 Å². The predicted octanol–water partition coefficient (Wildman–Crippen LogP) is 12.2. The highest BCUT2D eigenvalue weighted by molar-refractivity contribution is 5.50. The lowest BCUT2D eigenvalue weighted by Crippen LogP contribution is -2.30. The predicted molar refractivity (Wildman–Crippen MR) is 258 cm³/mol. The molecule has 60 heavy (non-hydrogen) atoms. The van der Waals surface area contributed by atoms with E-state index >= 15 is 0 Å². The minimum absolute atomic E-state index is 0.125. The third-order valence-corrected chi connectivity index (χ3v) is 15.7. The zero-order valence-corrected chi connectivity index (χ0v) is 40.5. The molecule has 0 aromatic heterocycles. The fraction of sp³-hybridized carbons (Fsp3) is 0.943. The molecule has 0 aromatic carbocycles. The second-order valence-electron chi connectivity index (χ2n) is 21.0. The van der Waals surface area contributed by atoms with Crippen molar-refractivity contribution in [3.05, 3.63) is 12.3 Å². The highest BCUT2D eigenvalue weighted by Crippen LogP contribution is 2.39. The lowest BCUT2D eigenvalue weighted by molar-refractivity contribution is -0.108. The molecule has 0 radical (unpaired) electrons. The minimum Gasteiger partial charge on any atom is -0.513 e. The van der Waals surface area contributed by atoms with Crippen LogP contribution in [-0.4, -0.2) is 123 Å². The molecule has 352 valence electrons. The first kappa shape index (κ1) is 53.3. The van der Waals surface area contributed by atoms with Crippen LogP contribution in [0.2, 0.25) is 0 Å². The van der Waals surface area contributed by atoms with Gasteiger partial charge in [-0.3, -0.25) is 0 Å². The van der Waals surface area contributed by atoms with Crippen molar-refractivity contribution in [2.24, 2.45) is 35.5 Å². The van der Waals surface area contributed by atoms with Gasteiger partial charge in [-0.15, -0.1) is 0 Å². The SMILES string of the molecule is C1CCCCCCC1.C=C(O)CCCO.CN1CC2CCCCCCC2C1.CN1CC2CCCCCCC2C1.CN1CC2CCCCCCC2C1CC=O.CN1CCCC1. The van der Waals surface area contributed by atoms with E-state index in [1.807, 2.05) is 0 Å². The number of carbonyl (C=O) groups is 1. The van der Waals surface area contributed by atoms with Crippen LogP contribution in [0, 0.1) is 35.5 Å². The Morgan fingerprint density at radius 3 is 1.15 bits per heavy atom. The van der Waals surface area contributed by atoms with Crippen LogP contribution < -0.4 is 0 Å². The van der Waals surface area contributed by atoms with E-state index < -0.39 is 0 Å². The first-order chi connectivity index (χ1) is 29.2. The van der Waals surface area contributed by atoms with E-state index in [0.29, 0.717) is 18.9 Å². The van der Waals surface area contributed by atoms with Gasteiger partial charge in [-0.2, -0.15) is 0 Å². The second kappa shape index (κ2) is 33.5. The van der Waals surface area contributed by atoms with Gasteiger partial charge in [0.05, 0.1) is 5.76 Å². The summed E-state index contributed by atoms with van der Waals surface area (Å²) < 4.78 is 0. The minimum atomic E-state index is 0.125. The summed E-state index contributed by atoms with van der Waals surface area (Å²) in [6, 6.07) is 0.547. The van der Waals surface area contributed by atoms with Gasteiger partial charge in [-0.1, -0.05) is 135 Å². The highest BCUT2D eigenvalue weighted by atomic mass is 16.3. The highest BCUT2D eigenvalue weighted by Gasteiger charge is 2.39. The summed E-state index contributed by atoms with van der Waals surface area (Å²) in [4.78, 5) is 20.6. The van der Waals surface area contributed by atoms with Crippen LogP contribution in [0.3, 0.4) is 0 Å². The Hall–Kier alpha value is -0.990. The van der Waals surface area contributed by atoms with Gasteiger partial charge in [0.15, 0.2) is 0 Å². The van der Waals surface area contributed by atoms with E-state index in [2.05, 4.69) is 54.4 Å². The van der Waals surface area contributed by atoms with Crippen molar-refractivity contribution >= 4 is 6.29 Å². The van der Waals surface area contributed by atoms with E-state index in [9.17, 15) is 4.79 Å². The van der Waals surface area contributed by atoms with Crippen molar-refractivity contribution in [2.75, 3.05) is 80.6 Å². The molecule has 7 unspecified atom stereocenters. The van der Waals surface area contributed by atoms with Crippen molar-refractivity contribution in [1.82, 2.24) is 19.6 Å². The average molecular weight is 843 g/mol. The third kappa shape index (κ3) is 23.1. The molecule has 4 heterocycles. The van der Waals surface area contributed by atoms with Gasteiger partial charge in [0.1, 0.15) is 6.29 Å². The summed E-state index contributed by atoms with van der Waals surface area (Å²) >= 11 is 0. The van der Waals surface area contributed by atoms with Crippen LogP contribution in [0.4, 0.5) is 0 Å². The summed E-state index contributed by atoms with van der Waals surface area (Å²) in [5.74, 6) is 6.03. The van der Waals surface area contributed by atoms with Crippen molar-refractivity contribution in [3.8, 4) is 0 Å². The number of hydrogen-bond donors (Lipinski definition) is 2. The molecule has 8 rings (SSSR count). The molecule has 8 fully saturated rings. The molecule has 7 heteroatoms. The van der Waals surface area contributed by atoms with Crippen LogP contribution >= 0.6 is 0 Å². The summed E-state index contributed by atoms with van der Waals surface area (Å²) in [7, 11) is 8.93. The molecule has 0 amide bonds. The summed E-state index contributed by atoms with van der Waals surface area (Å²) in [5, 5.41) is 16.5. The second-order valence-corrected chi connectivity index (χ2v) is 21.0. The van der Waals surface area contributed by atoms with E-state index in [4.69, 9.17) is 10.2 Å². The van der Waals surface area contributed by atoms with Crippen LogP contribution in [0.15, 0.2) is 12.3 Å². The van der Waals surface area contributed by atoms with Crippen molar-refractivity contribution in [1.29, 1.82) is 0 Å². The number of rotatable bonds is 5. The van der Waals surface area contributed by atoms with Crippen LogP contribution in [0.25, 0.3) is 0 Å². The molecule has 4 saturated carbocycles. The van der Waals surface area contributed by atoms with E-state index in [0.717, 1.165) is 48.2 Å². The lowest BCUT2D eigenvalue weighted by Gasteiger charge is -2.26. The van der Waals surface area contributed by atoms with Crippen molar-refractivity contribution in [3.63, 3.8) is 0 Å². The largest absolute Gasteiger partial charge is 0.513 e. The van der Waals surface area contributed by atoms with E-state index in [1.165, 1.54) is 226 Å². The number of likely N-dealkylation sites (tertiary alicyclic amines) is 4. The maximum atomic E-state index is 10.7. The van der Waals surface area contributed by atoms with Crippen molar-refractivity contribution < 1.29 is 15.0 Å². The number of hydrogen-bond acceptors (Lipinski definition) is 7. The molecular formula is C53H102N4O3. The Morgan fingerprint density at radius 2 is 0.850 bits per heavy atom. The molecule has 4 aliphatic carbocycles. The smallest absolute Gasteiger partial charge is 0.121 e. The monoisotopic (exact) mass is 843 g/mol. The Morgan fingerprint density at radius 1 is 0.500 bits per heavy atom. The van der Waals surface area contributed by atoms with Crippen molar-refractivity contribution in [2.45, 2.75) is 205 Å². The molecule has 0 aromatic rings. The number of carbonyl (C=O) groups excluding carboxylic acids is 1. The number of nitrogens with zero attached hydrogens (tertiary/aromatic N) is 4. The first-order valence-corrected chi connectivity index (χ1v) is 26.4. The number of aldehydes is 1. The van der Waals surface area contributed by atoms with Crippen LogP contribution in [-0.2, 0) is 4.79 Å². The standard InChI is InChI=1S/C13H23NO.2C11H21N.C8H16.C5H11N.C5H10O2/c1-14-10-11-6-4-2-3-5-7-12(11)13(14)8-9-15;2*1-12-8-10-6-4-2-3-5-7-11(10)9-12;1-2-4-6-8-7-5-3-1;1-6-4-2-3-5-6;1-5(7)3-2-4-6/h9,11-13H,2-8,10H2,1H3;2*10-11H,2-9H2,1H3;1-8H2;2-5H2,1H3;6-7H,1-4H2. The van der Waals surface area contributed by atoms with Crippen LogP contribution in [0.5, 0.6) is 0 Å². The fourth-order valence-corrected chi connectivity index (χ4v) is 12.2. The molecule has 4 saturated heterocycles. The zero-order chi connectivity index (χ0) is 43.2. The Labute approximate surface area is 373 Å². The van der Waals surface area contributed by atoms with Gasteiger partial charge in [0.2, 0.25) is 0 Å². The van der Waals surface area contributed by atoms with E-state index in [1.54, 1.807) is 0 Å². The van der Waals surface area contributed by atoms with Gasteiger partial charge in [-0.05, 0) is 135 Å². The maximum absolute atomic E-state index is 10.7. The molecule has 7 atom stereocenters. The van der Waals surface area contributed by atoms with Gasteiger partial charge in [0.25, 0.3) is 0 Å². The normalized spacial score (nSPS) is 31.8. The number of allylic oxidation sites excluding steroid dienone is 1. The van der Waals surface area contributed by atoms with E-state index in [-0.39, 0.29) is 12.4 Å². The van der Waals surface area contributed by atoms with Gasteiger partial charge in [-0.25, -0.2) is 0 Å². The molecule has 8 aliphatic rings. The molecule has 2 N–H and O–H groups in total. The molecule has 4 aliphatic heterocycles. The molecule has 0 bridgehead atoms. The fourth-order valence-electron chi connectivity index (χ4n) is 12.2. The topological polar surface area (TPSA) is 70.5 Å². The first-order valence-electron chi connectivity index (χ1n) is 26.4. The average Bonchev–Trinajstić information content (AvgIpc) is 3.96. The summed E-state index contributed by atoms with van der Waals surface area (Å²) in [6.07, 6.45) is 44.2. The van der Waals surface area contributed by atoms with Gasteiger partial charge in [0, 0.05) is 58.2 Å².